The highest BCUT2D eigenvalue weighted by molar-refractivity contribution is 4.72. The van der Waals surface area contributed by atoms with E-state index in [1.807, 2.05) is 0 Å². The molecule has 0 N–H and O–H groups in total. The van der Waals surface area contributed by atoms with Crippen LogP contribution in [-0.2, 0) is 0 Å². The molecule has 0 aliphatic carbocycles. The molecule has 1 unspecified atom stereocenters. The summed E-state index contributed by atoms with van der Waals surface area (Å²) >= 11 is 0. The number of nitrogens with zero attached hydrogens (tertiary/aromatic N) is 1. The number of likely N-dealkylation sites (tertiary alicyclic amines) is 1. The lowest BCUT2D eigenvalue weighted by Gasteiger charge is -2.32. The van der Waals surface area contributed by atoms with Gasteiger partial charge in [-0.1, -0.05) is 65.2 Å². The summed E-state index contributed by atoms with van der Waals surface area (Å²) in [5.74, 6) is 1.01. The zero-order chi connectivity index (χ0) is 13.8. The summed E-state index contributed by atoms with van der Waals surface area (Å²) in [6.07, 6.45) is 17.3. The van der Waals surface area contributed by atoms with Gasteiger partial charge >= 0.3 is 0 Å². The van der Waals surface area contributed by atoms with Crippen molar-refractivity contribution in [3.05, 3.63) is 0 Å². The minimum atomic E-state index is 0. The van der Waals surface area contributed by atoms with Gasteiger partial charge in [-0.15, -0.1) is 0 Å². The van der Waals surface area contributed by atoms with Crippen molar-refractivity contribution in [2.45, 2.75) is 90.9 Å². The van der Waals surface area contributed by atoms with Crippen LogP contribution in [0.15, 0.2) is 0 Å². The van der Waals surface area contributed by atoms with E-state index in [0.29, 0.717) is 0 Å². The Morgan fingerprint density at radius 3 is 2.15 bits per heavy atom. The Labute approximate surface area is 126 Å². The van der Waals surface area contributed by atoms with Crippen molar-refractivity contribution in [2.24, 2.45) is 5.92 Å². The molecule has 1 heterocycles. The molecule has 1 aliphatic heterocycles. The Kier molecular flexibility index (Phi) is 13.8. The molecule has 1 atom stereocenters. The van der Waals surface area contributed by atoms with Crippen LogP contribution >= 0.6 is 0 Å². The first-order chi connectivity index (χ1) is 9.36. The second-order valence-electron chi connectivity index (χ2n) is 6.57. The van der Waals surface area contributed by atoms with Gasteiger partial charge in [0.05, 0.1) is 0 Å². The second kappa shape index (κ2) is 13.9. The largest absolute Gasteiger partial charge is 0.303 e. The van der Waals surface area contributed by atoms with Crippen molar-refractivity contribution < 1.29 is 4.70 Å². The van der Waals surface area contributed by atoms with Gasteiger partial charge in [-0.2, -0.15) is 0 Å². The van der Waals surface area contributed by atoms with Crippen LogP contribution in [-0.4, -0.2) is 24.5 Å². The fourth-order valence-electron chi connectivity index (χ4n) is 3.47. The van der Waals surface area contributed by atoms with E-state index in [1.54, 1.807) is 0 Å². The van der Waals surface area contributed by atoms with Crippen molar-refractivity contribution in [3.8, 4) is 0 Å². The molecule has 0 aromatic rings. The molecule has 0 aromatic heterocycles. The lowest BCUT2D eigenvalue weighted by atomic mass is 9.93. The molecule has 0 amide bonds. The lowest BCUT2D eigenvalue weighted by Crippen LogP contribution is -2.35. The molecule has 1 rings (SSSR count). The minimum absolute atomic E-state index is 0. The molecular formula is C18H38FN. The van der Waals surface area contributed by atoms with Gasteiger partial charge in [0.1, 0.15) is 0 Å². The van der Waals surface area contributed by atoms with E-state index in [4.69, 9.17) is 0 Å². The normalized spacial score (nSPS) is 19.8. The number of hydrogen-bond acceptors (Lipinski definition) is 1. The molecule has 1 fully saturated rings. The highest BCUT2D eigenvalue weighted by atomic mass is 19.0. The van der Waals surface area contributed by atoms with Gasteiger partial charge < -0.3 is 4.90 Å². The van der Waals surface area contributed by atoms with Crippen molar-refractivity contribution in [3.63, 3.8) is 0 Å². The number of halogens is 1. The Hall–Kier alpha value is -0.110. The molecule has 2 heteroatoms. The highest BCUT2D eigenvalue weighted by Gasteiger charge is 2.18. The summed E-state index contributed by atoms with van der Waals surface area (Å²) in [6, 6.07) is 0. The minimum Gasteiger partial charge on any atom is -0.303 e. The lowest BCUT2D eigenvalue weighted by molar-refractivity contribution is 0.165. The third kappa shape index (κ3) is 9.74. The van der Waals surface area contributed by atoms with Crippen LogP contribution in [0.1, 0.15) is 90.9 Å². The summed E-state index contributed by atoms with van der Waals surface area (Å²) in [6.45, 7) is 8.76. The highest BCUT2D eigenvalue weighted by Crippen LogP contribution is 2.21. The van der Waals surface area contributed by atoms with Crippen molar-refractivity contribution in [1.82, 2.24) is 4.90 Å². The van der Waals surface area contributed by atoms with E-state index < -0.39 is 0 Å². The summed E-state index contributed by atoms with van der Waals surface area (Å²) in [7, 11) is 0. The number of unbranched alkanes of at least 4 members (excludes halogenated alkanes) is 7. The van der Waals surface area contributed by atoms with E-state index in [0.717, 1.165) is 5.92 Å². The fraction of sp³-hybridized carbons (Fsp3) is 1.00. The standard InChI is InChI=1S/C18H37N.FH/c1-3-5-6-7-8-9-10-11-15-19-16-12-14-18(17-19)13-4-2;/h18H,3-17H2,1-2H3;1H. The maximum Gasteiger partial charge on any atom is 0.000966 e. The molecular weight excluding hydrogens is 249 g/mol. The van der Waals surface area contributed by atoms with Gasteiger partial charge in [-0.3, -0.25) is 4.70 Å². The molecule has 0 radical (unpaired) electrons. The maximum atomic E-state index is 2.74. The number of rotatable bonds is 11. The first-order valence-corrected chi connectivity index (χ1v) is 9.09. The average molecular weight is 288 g/mol. The van der Waals surface area contributed by atoms with Gasteiger partial charge in [-0.05, 0) is 44.7 Å². The first-order valence-electron chi connectivity index (χ1n) is 9.09. The van der Waals surface area contributed by atoms with Crippen LogP contribution in [0.3, 0.4) is 0 Å². The second-order valence-corrected chi connectivity index (χ2v) is 6.57. The number of hydrogen-bond donors (Lipinski definition) is 0. The quantitative estimate of drug-likeness (QED) is 0.435. The molecule has 20 heavy (non-hydrogen) atoms. The van der Waals surface area contributed by atoms with Gasteiger partial charge in [0.15, 0.2) is 0 Å². The summed E-state index contributed by atoms with van der Waals surface area (Å²) in [5.41, 5.74) is 0. The summed E-state index contributed by atoms with van der Waals surface area (Å²) in [5, 5.41) is 0. The van der Waals surface area contributed by atoms with Crippen LogP contribution in [0.5, 0.6) is 0 Å². The van der Waals surface area contributed by atoms with Crippen LogP contribution in [0.4, 0.5) is 4.70 Å². The smallest absolute Gasteiger partial charge is 0.000966 e. The maximum absolute atomic E-state index is 2.74. The first kappa shape index (κ1) is 19.9. The summed E-state index contributed by atoms with van der Waals surface area (Å²) < 4.78 is 0. The van der Waals surface area contributed by atoms with Gasteiger partial charge in [-0.25, -0.2) is 0 Å². The molecule has 0 aromatic carbocycles. The predicted octanol–water partition coefficient (Wildman–Crippen LogP) is 5.79. The summed E-state index contributed by atoms with van der Waals surface area (Å²) in [4.78, 5) is 2.74. The van der Waals surface area contributed by atoms with Gasteiger partial charge in [0.2, 0.25) is 0 Å². The Morgan fingerprint density at radius 1 is 0.850 bits per heavy atom. The van der Waals surface area contributed by atoms with Crippen LogP contribution in [0.2, 0.25) is 0 Å². The van der Waals surface area contributed by atoms with Gasteiger partial charge in [0, 0.05) is 6.54 Å². The van der Waals surface area contributed by atoms with Crippen molar-refractivity contribution in [1.29, 1.82) is 0 Å². The SMILES string of the molecule is CCCCCCCCCCN1CCCC(CCC)C1.F. The Morgan fingerprint density at radius 2 is 1.50 bits per heavy atom. The van der Waals surface area contributed by atoms with Crippen molar-refractivity contribution >= 4 is 0 Å². The third-order valence-electron chi connectivity index (χ3n) is 4.63. The van der Waals surface area contributed by atoms with E-state index >= 15 is 0 Å². The van der Waals surface area contributed by atoms with Gasteiger partial charge in [0.25, 0.3) is 0 Å². The number of piperidine rings is 1. The Balaban J connectivity index is 0.00000361. The average Bonchev–Trinajstić information content (AvgIpc) is 2.43. The van der Waals surface area contributed by atoms with Crippen molar-refractivity contribution in [2.75, 3.05) is 19.6 Å². The third-order valence-corrected chi connectivity index (χ3v) is 4.63. The van der Waals surface area contributed by atoms with E-state index in [9.17, 15) is 0 Å². The van der Waals surface area contributed by atoms with E-state index in [2.05, 4.69) is 18.7 Å². The molecule has 0 saturated carbocycles. The monoisotopic (exact) mass is 287 g/mol. The zero-order valence-corrected chi connectivity index (χ0v) is 14.0. The molecule has 122 valence electrons. The van der Waals surface area contributed by atoms with Crippen LogP contribution in [0.25, 0.3) is 0 Å². The van der Waals surface area contributed by atoms with E-state index in [1.165, 1.54) is 96.7 Å². The topological polar surface area (TPSA) is 3.24 Å². The predicted molar refractivity (Wildman–Crippen MR) is 89.2 cm³/mol. The van der Waals surface area contributed by atoms with Crippen LogP contribution < -0.4 is 0 Å². The zero-order valence-electron chi connectivity index (χ0n) is 14.0. The molecule has 1 aliphatic rings. The Bertz CT molecular complexity index is 194. The molecule has 0 spiro atoms. The molecule has 1 saturated heterocycles. The molecule has 0 bridgehead atoms. The van der Waals surface area contributed by atoms with E-state index in [-0.39, 0.29) is 4.70 Å². The van der Waals surface area contributed by atoms with Crippen LogP contribution in [0, 0.1) is 5.92 Å². The fourth-order valence-corrected chi connectivity index (χ4v) is 3.47. The molecule has 1 nitrogen and oxygen atoms in total.